The number of allylic oxidation sites excluding steroid dienone is 4. The summed E-state index contributed by atoms with van der Waals surface area (Å²) in [5.74, 6) is 0.642. The number of nitrogens with zero attached hydrogens (tertiary/aromatic N) is 2. The number of rotatable bonds is 6. The van der Waals surface area contributed by atoms with Crippen molar-refractivity contribution in [3.8, 4) is 0 Å². The Kier molecular flexibility index (Phi) is 5.20. The van der Waals surface area contributed by atoms with Crippen molar-refractivity contribution >= 4 is 5.71 Å². The number of hydrogen-bond acceptors (Lipinski definition) is 3. The van der Waals surface area contributed by atoms with E-state index in [1.807, 2.05) is 0 Å². The molecule has 3 heteroatoms. The largest absolute Gasteiger partial charge is 0.382 e. The molecule has 1 atom stereocenters. The Labute approximate surface area is 117 Å². The van der Waals surface area contributed by atoms with Gasteiger partial charge in [-0.25, -0.2) is 0 Å². The lowest BCUT2D eigenvalue weighted by Crippen LogP contribution is -2.30. The summed E-state index contributed by atoms with van der Waals surface area (Å²) in [6.45, 7) is 6.37. The molecular weight excluding hydrogens is 236 g/mol. The van der Waals surface area contributed by atoms with E-state index in [-0.39, 0.29) is 0 Å². The van der Waals surface area contributed by atoms with Crippen LogP contribution in [0.1, 0.15) is 39.5 Å². The van der Waals surface area contributed by atoms with Gasteiger partial charge in [0, 0.05) is 13.7 Å². The molecule has 0 saturated carbocycles. The Hall–Kier alpha value is -1.09. The van der Waals surface area contributed by atoms with E-state index in [9.17, 15) is 0 Å². The molecule has 0 bridgehead atoms. The third kappa shape index (κ3) is 3.93. The van der Waals surface area contributed by atoms with Crippen molar-refractivity contribution in [1.82, 2.24) is 5.01 Å². The van der Waals surface area contributed by atoms with Crippen molar-refractivity contribution in [3.63, 3.8) is 0 Å². The van der Waals surface area contributed by atoms with Gasteiger partial charge in [0.1, 0.15) is 0 Å². The van der Waals surface area contributed by atoms with E-state index >= 15 is 0 Å². The summed E-state index contributed by atoms with van der Waals surface area (Å²) in [6.07, 6.45) is 11.1. The van der Waals surface area contributed by atoms with E-state index in [1.165, 1.54) is 24.1 Å². The molecule has 1 heterocycles. The van der Waals surface area contributed by atoms with Gasteiger partial charge in [-0.3, -0.25) is 5.01 Å². The fourth-order valence-corrected chi connectivity index (χ4v) is 2.75. The first-order chi connectivity index (χ1) is 9.20. The van der Waals surface area contributed by atoms with Crippen molar-refractivity contribution < 1.29 is 4.74 Å². The molecule has 0 aromatic carbocycles. The maximum atomic E-state index is 5.31. The highest BCUT2D eigenvalue weighted by Gasteiger charge is 2.24. The number of hydrazone groups is 1. The van der Waals surface area contributed by atoms with E-state index in [0.717, 1.165) is 26.0 Å². The molecule has 0 N–H and O–H groups in total. The first-order valence-electron chi connectivity index (χ1n) is 7.40. The molecule has 1 fully saturated rings. The summed E-state index contributed by atoms with van der Waals surface area (Å²) in [4.78, 5) is 0. The van der Waals surface area contributed by atoms with Gasteiger partial charge in [-0.15, -0.1) is 0 Å². The standard InChI is InChI=1S/C16H26N2O/c1-13(2)11-16(14-7-4-5-8-14)17-18-10-6-9-15(18)12-19-3/h4-5,7,13,15H,6,8-12H2,1-3H3/b17-16-. The minimum absolute atomic E-state index is 0.460. The van der Waals surface area contributed by atoms with Crippen molar-refractivity contribution in [2.45, 2.75) is 45.6 Å². The van der Waals surface area contributed by atoms with Crippen LogP contribution in [-0.4, -0.2) is 37.0 Å². The van der Waals surface area contributed by atoms with Crippen LogP contribution in [0.15, 0.2) is 28.9 Å². The lowest BCUT2D eigenvalue weighted by Gasteiger charge is -2.23. The predicted octanol–water partition coefficient (Wildman–Crippen LogP) is 3.39. The molecule has 1 unspecified atom stereocenters. The highest BCUT2D eigenvalue weighted by atomic mass is 16.5. The molecule has 2 rings (SSSR count). The molecule has 1 aliphatic heterocycles. The Morgan fingerprint density at radius 3 is 3.00 bits per heavy atom. The molecule has 2 aliphatic rings. The lowest BCUT2D eigenvalue weighted by atomic mass is 10.00. The normalized spacial score (nSPS) is 23.6. The summed E-state index contributed by atoms with van der Waals surface area (Å²) < 4.78 is 5.31. The zero-order valence-corrected chi connectivity index (χ0v) is 12.4. The van der Waals surface area contributed by atoms with Crippen LogP contribution in [0.25, 0.3) is 0 Å². The number of hydrogen-bond donors (Lipinski definition) is 0. The summed E-state index contributed by atoms with van der Waals surface area (Å²) >= 11 is 0. The Balaban J connectivity index is 2.10. The van der Waals surface area contributed by atoms with Crippen LogP contribution >= 0.6 is 0 Å². The maximum absolute atomic E-state index is 5.31. The van der Waals surface area contributed by atoms with E-state index in [2.05, 4.69) is 37.1 Å². The second kappa shape index (κ2) is 6.90. The average Bonchev–Trinajstić information content (AvgIpc) is 3.00. The van der Waals surface area contributed by atoms with Gasteiger partial charge in [0.25, 0.3) is 0 Å². The van der Waals surface area contributed by atoms with Gasteiger partial charge in [-0.05, 0) is 37.2 Å². The first kappa shape index (κ1) is 14.3. The van der Waals surface area contributed by atoms with E-state index < -0.39 is 0 Å². The van der Waals surface area contributed by atoms with Crippen LogP contribution in [-0.2, 0) is 4.74 Å². The molecular formula is C16H26N2O. The van der Waals surface area contributed by atoms with Crippen LogP contribution in [0.5, 0.6) is 0 Å². The topological polar surface area (TPSA) is 24.8 Å². The fourth-order valence-electron chi connectivity index (χ4n) is 2.75. The van der Waals surface area contributed by atoms with Crippen LogP contribution in [0.2, 0.25) is 0 Å². The van der Waals surface area contributed by atoms with Gasteiger partial charge < -0.3 is 4.74 Å². The lowest BCUT2D eigenvalue weighted by molar-refractivity contribution is 0.117. The predicted molar refractivity (Wildman–Crippen MR) is 80.3 cm³/mol. The molecule has 0 amide bonds. The zero-order chi connectivity index (χ0) is 13.7. The van der Waals surface area contributed by atoms with E-state index in [1.54, 1.807) is 7.11 Å². The van der Waals surface area contributed by atoms with Gasteiger partial charge in [0.05, 0.1) is 18.4 Å². The van der Waals surface area contributed by atoms with Gasteiger partial charge in [-0.1, -0.05) is 32.1 Å². The maximum Gasteiger partial charge on any atom is 0.0704 e. The van der Waals surface area contributed by atoms with E-state index in [0.29, 0.717) is 12.0 Å². The van der Waals surface area contributed by atoms with Gasteiger partial charge in [0.2, 0.25) is 0 Å². The number of methoxy groups -OCH3 is 1. The number of ether oxygens (including phenoxy) is 1. The van der Waals surface area contributed by atoms with Gasteiger partial charge >= 0.3 is 0 Å². The van der Waals surface area contributed by atoms with E-state index in [4.69, 9.17) is 9.84 Å². The average molecular weight is 262 g/mol. The van der Waals surface area contributed by atoms with Crippen LogP contribution in [0.4, 0.5) is 0 Å². The van der Waals surface area contributed by atoms with Crippen LogP contribution in [0.3, 0.4) is 0 Å². The molecule has 0 aromatic rings. The van der Waals surface area contributed by atoms with Crippen molar-refractivity contribution in [2.75, 3.05) is 20.3 Å². The van der Waals surface area contributed by atoms with Crippen molar-refractivity contribution in [2.24, 2.45) is 11.0 Å². The molecule has 106 valence electrons. The Morgan fingerprint density at radius 2 is 2.37 bits per heavy atom. The molecule has 3 nitrogen and oxygen atoms in total. The summed E-state index contributed by atoms with van der Waals surface area (Å²) in [6, 6.07) is 0.460. The Bertz CT molecular complexity index is 382. The molecule has 0 radical (unpaired) electrons. The molecule has 19 heavy (non-hydrogen) atoms. The van der Waals surface area contributed by atoms with Gasteiger partial charge in [-0.2, -0.15) is 5.10 Å². The summed E-state index contributed by atoms with van der Waals surface area (Å²) in [7, 11) is 1.78. The molecule has 0 spiro atoms. The smallest absolute Gasteiger partial charge is 0.0704 e. The molecule has 1 saturated heterocycles. The third-order valence-electron chi connectivity index (χ3n) is 3.70. The first-order valence-corrected chi connectivity index (χ1v) is 7.40. The highest BCUT2D eigenvalue weighted by Crippen LogP contribution is 2.22. The fraction of sp³-hybridized carbons (Fsp3) is 0.688. The second-order valence-electron chi connectivity index (χ2n) is 5.88. The third-order valence-corrected chi connectivity index (χ3v) is 3.70. The zero-order valence-electron chi connectivity index (χ0n) is 12.4. The minimum atomic E-state index is 0.460. The van der Waals surface area contributed by atoms with Crippen LogP contribution in [0, 0.1) is 5.92 Å². The minimum Gasteiger partial charge on any atom is -0.382 e. The quantitative estimate of drug-likeness (QED) is 0.685. The second-order valence-corrected chi connectivity index (χ2v) is 5.88. The van der Waals surface area contributed by atoms with Crippen molar-refractivity contribution in [3.05, 3.63) is 23.8 Å². The SMILES string of the molecule is COCC1CCCN1/N=C(/CC(C)C)C1=CC=CC1. The van der Waals surface area contributed by atoms with Crippen LogP contribution < -0.4 is 0 Å². The monoisotopic (exact) mass is 262 g/mol. The molecule has 0 aromatic heterocycles. The summed E-state index contributed by atoms with van der Waals surface area (Å²) in [5, 5.41) is 7.21. The van der Waals surface area contributed by atoms with Gasteiger partial charge in [0.15, 0.2) is 0 Å². The highest BCUT2D eigenvalue weighted by molar-refractivity contribution is 6.01. The Morgan fingerprint density at radius 1 is 1.53 bits per heavy atom. The summed E-state index contributed by atoms with van der Waals surface area (Å²) in [5.41, 5.74) is 2.65. The van der Waals surface area contributed by atoms with Crippen molar-refractivity contribution in [1.29, 1.82) is 0 Å². The molecule has 1 aliphatic carbocycles.